The molecule has 1 amide bonds. The lowest BCUT2D eigenvalue weighted by Gasteiger charge is -2.25. The number of para-hydroxylation sites is 1. The Hall–Kier alpha value is -1.89. The highest BCUT2D eigenvalue weighted by atomic mass is 32.2. The molecule has 0 aliphatic carbocycles. The average molecular weight is 442 g/mol. The third kappa shape index (κ3) is 5.23. The van der Waals surface area contributed by atoms with E-state index in [1.165, 1.54) is 11.1 Å². The second-order valence-corrected chi connectivity index (χ2v) is 9.34. The van der Waals surface area contributed by atoms with Gasteiger partial charge in [0.05, 0.1) is 16.6 Å². The first-order chi connectivity index (χ1) is 14.5. The third-order valence-corrected chi connectivity index (χ3v) is 7.31. The van der Waals surface area contributed by atoms with Gasteiger partial charge in [0.15, 0.2) is 5.13 Å². The number of carbonyl (C=O) groups excluding carboxylic acids is 1. The normalized spacial score (nSPS) is 11.4. The van der Waals surface area contributed by atoms with Crippen LogP contribution in [0, 0.1) is 13.8 Å². The Kier molecular flexibility index (Phi) is 7.92. The number of aryl methyl sites for hydroxylation is 2. The fourth-order valence-electron chi connectivity index (χ4n) is 3.60. The predicted octanol–water partition coefficient (Wildman–Crippen LogP) is 5.55. The SMILES string of the molecule is CCN(CC)CCN(C(=O)Cc1ccc(C)cc1C)c1nc2c(SC)cccc2s1. The van der Waals surface area contributed by atoms with Crippen molar-refractivity contribution in [3.63, 3.8) is 0 Å². The minimum atomic E-state index is 0.110. The number of fused-ring (bicyclic) bond motifs is 1. The van der Waals surface area contributed by atoms with Crippen LogP contribution in [-0.4, -0.2) is 48.2 Å². The van der Waals surface area contributed by atoms with Gasteiger partial charge in [-0.15, -0.1) is 11.8 Å². The van der Waals surface area contributed by atoms with Gasteiger partial charge in [-0.3, -0.25) is 9.69 Å². The molecule has 3 rings (SSSR count). The lowest BCUT2D eigenvalue weighted by molar-refractivity contribution is -0.118. The van der Waals surface area contributed by atoms with Crippen LogP contribution in [-0.2, 0) is 11.2 Å². The summed E-state index contributed by atoms with van der Waals surface area (Å²) in [5.74, 6) is 0.110. The molecule has 0 saturated carbocycles. The first-order valence-electron chi connectivity index (χ1n) is 10.5. The van der Waals surface area contributed by atoms with Crippen LogP contribution < -0.4 is 4.90 Å². The smallest absolute Gasteiger partial charge is 0.233 e. The standard InChI is InChI=1S/C24H31N3OS2/c1-6-26(7-2)13-14-27(22(28)16-19-12-11-17(3)15-18(19)4)24-25-23-20(29-5)9-8-10-21(23)30-24/h8-12,15H,6-7,13-14,16H2,1-5H3. The lowest BCUT2D eigenvalue weighted by Crippen LogP contribution is -2.39. The summed E-state index contributed by atoms with van der Waals surface area (Å²) >= 11 is 3.31. The first-order valence-corrected chi connectivity index (χ1v) is 12.5. The summed E-state index contributed by atoms with van der Waals surface area (Å²) in [4.78, 5) is 23.7. The minimum absolute atomic E-state index is 0.110. The van der Waals surface area contributed by atoms with Crippen LogP contribution in [0.1, 0.15) is 30.5 Å². The Bertz CT molecular complexity index is 1010. The lowest BCUT2D eigenvalue weighted by atomic mass is 10.0. The molecule has 1 aromatic heterocycles. The molecule has 0 saturated heterocycles. The van der Waals surface area contributed by atoms with Gasteiger partial charge in [-0.25, -0.2) is 4.98 Å². The zero-order valence-electron chi connectivity index (χ0n) is 18.6. The maximum Gasteiger partial charge on any atom is 0.233 e. The van der Waals surface area contributed by atoms with E-state index < -0.39 is 0 Å². The number of aromatic nitrogens is 1. The summed E-state index contributed by atoms with van der Waals surface area (Å²) < 4.78 is 1.13. The van der Waals surface area contributed by atoms with Gasteiger partial charge in [-0.2, -0.15) is 0 Å². The minimum Gasteiger partial charge on any atom is -0.302 e. The van der Waals surface area contributed by atoms with Gasteiger partial charge in [0.1, 0.15) is 0 Å². The molecule has 0 fully saturated rings. The van der Waals surface area contributed by atoms with Crippen molar-refractivity contribution in [2.24, 2.45) is 0 Å². The van der Waals surface area contributed by atoms with Crippen LogP contribution in [0.5, 0.6) is 0 Å². The van der Waals surface area contributed by atoms with E-state index in [0.29, 0.717) is 13.0 Å². The van der Waals surface area contributed by atoms with Crippen LogP contribution in [0.15, 0.2) is 41.3 Å². The monoisotopic (exact) mass is 441 g/mol. The van der Waals surface area contributed by atoms with Crippen LogP contribution in [0.3, 0.4) is 0 Å². The molecule has 0 radical (unpaired) electrons. The molecule has 0 bridgehead atoms. The molecule has 2 aromatic carbocycles. The summed E-state index contributed by atoms with van der Waals surface area (Å²) in [7, 11) is 0. The molecule has 0 atom stereocenters. The molecule has 0 N–H and O–H groups in total. The van der Waals surface area contributed by atoms with E-state index in [0.717, 1.165) is 45.4 Å². The second kappa shape index (κ2) is 10.4. The van der Waals surface area contributed by atoms with Crippen molar-refractivity contribution >= 4 is 44.4 Å². The number of carbonyl (C=O) groups is 1. The number of thioether (sulfide) groups is 1. The predicted molar refractivity (Wildman–Crippen MR) is 131 cm³/mol. The van der Waals surface area contributed by atoms with Crippen molar-refractivity contribution in [3.05, 3.63) is 53.1 Å². The largest absolute Gasteiger partial charge is 0.302 e. The quantitative estimate of drug-likeness (QED) is 0.408. The van der Waals surface area contributed by atoms with E-state index >= 15 is 0 Å². The molecular formula is C24H31N3OS2. The number of amides is 1. The van der Waals surface area contributed by atoms with Gasteiger partial charge < -0.3 is 4.90 Å². The third-order valence-electron chi connectivity index (χ3n) is 5.50. The Morgan fingerprint density at radius 1 is 1.10 bits per heavy atom. The highest BCUT2D eigenvalue weighted by molar-refractivity contribution is 7.98. The number of benzene rings is 2. The maximum atomic E-state index is 13.4. The summed E-state index contributed by atoms with van der Waals surface area (Å²) in [6, 6.07) is 12.5. The number of nitrogens with zero attached hydrogens (tertiary/aromatic N) is 3. The molecule has 0 unspecified atom stereocenters. The maximum absolute atomic E-state index is 13.4. The molecule has 160 valence electrons. The van der Waals surface area contributed by atoms with Crippen LogP contribution in [0.2, 0.25) is 0 Å². The van der Waals surface area contributed by atoms with E-state index in [9.17, 15) is 4.79 Å². The van der Waals surface area contributed by atoms with E-state index in [1.807, 2.05) is 4.90 Å². The van der Waals surface area contributed by atoms with Gasteiger partial charge in [-0.05, 0) is 56.5 Å². The Balaban J connectivity index is 1.92. The van der Waals surface area contributed by atoms with E-state index in [-0.39, 0.29) is 5.91 Å². The number of likely N-dealkylation sites (N-methyl/N-ethyl adjacent to an activating group) is 1. The van der Waals surface area contributed by atoms with E-state index in [2.05, 4.69) is 75.2 Å². The molecule has 6 heteroatoms. The van der Waals surface area contributed by atoms with Gasteiger partial charge >= 0.3 is 0 Å². The Labute approximate surface area is 188 Å². The van der Waals surface area contributed by atoms with Gasteiger partial charge in [0.2, 0.25) is 5.91 Å². The highest BCUT2D eigenvalue weighted by Crippen LogP contribution is 2.34. The molecule has 30 heavy (non-hydrogen) atoms. The van der Waals surface area contributed by atoms with Crippen LogP contribution >= 0.6 is 23.1 Å². The summed E-state index contributed by atoms with van der Waals surface area (Å²) in [5, 5.41) is 0.799. The second-order valence-electron chi connectivity index (χ2n) is 7.48. The topological polar surface area (TPSA) is 36.4 Å². The summed E-state index contributed by atoms with van der Waals surface area (Å²) in [6.07, 6.45) is 2.47. The molecule has 3 aromatic rings. The van der Waals surface area contributed by atoms with Crippen LogP contribution in [0.4, 0.5) is 5.13 Å². The molecule has 4 nitrogen and oxygen atoms in total. The fourth-order valence-corrected chi connectivity index (χ4v) is 5.27. The fraction of sp³-hybridized carbons (Fsp3) is 0.417. The molecular weight excluding hydrogens is 410 g/mol. The molecule has 1 heterocycles. The van der Waals surface area contributed by atoms with E-state index in [4.69, 9.17) is 4.98 Å². The number of anilines is 1. The van der Waals surface area contributed by atoms with Crippen molar-refractivity contribution in [3.8, 4) is 0 Å². The van der Waals surface area contributed by atoms with Crippen molar-refractivity contribution in [2.45, 2.75) is 39.0 Å². The molecule has 0 aliphatic rings. The number of hydrogen-bond acceptors (Lipinski definition) is 5. The molecule has 0 aliphatic heterocycles. The number of thiazole rings is 1. The van der Waals surface area contributed by atoms with Crippen molar-refractivity contribution in [1.29, 1.82) is 0 Å². The van der Waals surface area contributed by atoms with Crippen molar-refractivity contribution in [2.75, 3.05) is 37.3 Å². The average Bonchev–Trinajstić information content (AvgIpc) is 3.17. The number of hydrogen-bond donors (Lipinski definition) is 0. The first kappa shape index (κ1) is 22.8. The van der Waals surface area contributed by atoms with Gasteiger partial charge in [0, 0.05) is 18.0 Å². The van der Waals surface area contributed by atoms with Gasteiger partial charge in [-0.1, -0.05) is 55.0 Å². The van der Waals surface area contributed by atoms with Crippen molar-refractivity contribution in [1.82, 2.24) is 9.88 Å². The van der Waals surface area contributed by atoms with Crippen LogP contribution in [0.25, 0.3) is 10.2 Å². The summed E-state index contributed by atoms with van der Waals surface area (Å²) in [5.41, 5.74) is 4.47. The highest BCUT2D eigenvalue weighted by Gasteiger charge is 2.22. The summed E-state index contributed by atoms with van der Waals surface area (Å²) in [6.45, 7) is 11.9. The zero-order chi connectivity index (χ0) is 21.7. The Morgan fingerprint density at radius 3 is 2.53 bits per heavy atom. The van der Waals surface area contributed by atoms with Gasteiger partial charge in [0.25, 0.3) is 0 Å². The Morgan fingerprint density at radius 2 is 1.87 bits per heavy atom. The zero-order valence-corrected chi connectivity index (χ0v) is 20.2. The molecule has 0 spiro atoms. The number of rotatable bonds is 9. The van der Waals surface area contributed by atoms with Crippen molar-refractivity contribution < 1.29 is 4.79 Å². The van der Waals surface area contributed by atoms with E-state index in [1.54, 1.807) is 23.1 Å².